The van der Waals surface area contributed by atoms with E-state index in [2.05, 4.69) is 104 Å². The summed E-state index contributed by atoms with van der Waals surface area (Å²) in [5.41, 5.74) is 6.69. The summed E-state index contributed by atoms with van der Waals surface area (Å²) in [5.74, 6) is 0.277. The second-order valence-corrected chi connectivity index (χ2v) is 8.34. The van der Waals surface area contributed by atoms with Crippen LogP contribution in [0, 0.1) is 6.07 Å². The summed E-state index contributed by atoms with van der Waals surface area (Å²) >= 11 is 0. The van der Waals surface area contributed by atoms with Gasteiger partial charge in [0.2, 0.25) is 0 Å². The van der Waals surface area contributed by atoms with Crippen LogP contribution in [0.25, 0.3) is 11.1 Å². The van der Waals surface area contributed by atoms with Crippen molar-refractivity contribution in [2.24, 2.45) is 0 Å². The monoisotopic (exact) mass is 420 g/mol. The maximum Gasteiger partial charge on any atom is 0.0718 e. The Morgan fingerprint density at radius 2 is 1.25 bits per heavy atom. The van der Waals surface area contributed by atoms with Gasteiger partial charge in [-0.3, -0.25) is 0 Å². The summed E-state index contributed by atoms with van der Waals surface area (Å²) in [6.07, 6.45) is 0. The summed E-state index contributed by atoms with van der Waals surface area (Å²) in [7, 11) is 4.29. The highest BCUT2D eigenvalue weighted by atomic mass is 16.5. The standard InChI is InChI=1S/C24H25NO.C6H5/c1-25(2)23(17-26-16-18-13-21-15-22(21)14-18)24(19-9-5-3-6-10-19)20-11-7-4-8-12-20;1-2-4-6-5-3-1/h3-15,23-24H,16-17H2,1-2H3;1-5H/t23-;/m1./s1. The van der Waals surface area contributed by atoms with E-state index in [4.69, 9.17) is 4.74 Å². The largest absolute Gasteiger partial charge is 0.375 e. The van der Waals surface area contributed by atoms with Crippen LogP contribution in [0.15, 0.2) is 109 Å². The third-order valence-electron chi connectivity index (χ3n) is 5.77. The molecule has 2 aliphatic carbocycles. The van der Waals surface area contributed by atoms with E-state index in [-0.39, 0.29) is 12.0 Å². The minimum atomic E-state index is 0.267. The van der Waals surface area contributed by atoms with E-state index < -0.39 is 0 Å². The van der Waals surface area contributed by atoms with Crippen molar-refractivity contribution in [1.82, 2.24) is 4.90 Å². The van der Waals surface area contributed by atoms with E-state index in [0.29, 0.717) is 13.2 Å². The van der Waals surface area contributed by atoms with Crippen LogP contribution in [0.4, 0.5) is 0 Å². The predicted molar refractivity (Wildman–Crippen MR) is 133 cm³/mol. The van der Waals surface area contributed by atoms with Crippen LogP contribution < -0.4 is 0 Å². The Balaban J connectivity index is 0.000000354. The van der Waals surface area contributed by atoms with Crippen molar-refractivity contribution in [2.45, 2.75) is 18.6 Å². The molecule has 0 saturated carbocycles. The van der Waals surface area contributed by atoms with Gasteiger partial charge in [-0.2, -0.15) is 0 Å². The van der Waals surface area contributed by atoms with Crippen molar-refractivity contribution >= 4 is 0 Å². The Hall–Kier alpha value is -3.20. The lowest BCUT2D eigenvalue weighted by Gasteiger charge is -2.33. The molecule has 0 N–H and O–H groups in total. The number of rotatable bonds is 8. The average Bonchev–Trinajstić information content (AvgIpc) is 3.46. The quantitative estimate of drug-likeness (QED) is 0.287. The fourth-order valence-corrected chi connectivity index (χ4v) is 4.05. The number of fused-ring (bicyclic) bond motifs is 1. The Morgan fingerprint density at radius 1 is 0.719 bits per heavy atom. The first-order valence-corrected chi connectivity index (χ1v) is 11.1. The normalized spacial score (nSPS) is 12.2. The second kappa shape index (κ2) is 10.9. The molecule has 5 rings (SSSR count). The zero-order valence-corrected chi connectivity index (χ0v) is 18.8. The molecule has 32 heavy (non-hydrogen) atoms. The number of ether oxygens (including phenoxy) is 1. The van der Waals surface area contributed by atoms with Crippen LogP contribution in [0.3, 0.4) is 0 Å². The lowest BCUT2D eigenvalue weighted by molar-refractivity contribution is 0.0626. The second-order valence-electron chi connectivity index (χ2n) is 8.34. The summed E-state index contributed by atoms with van der Waals surface area (Å²) in [4.78, 5) is 2.28. The fraction of sp³-hybridized carbons (Fsp3) is 0.200. The van der Waals surface area contributed by atoms with Crippen LogP contribution >= 0.6 is 0 Å². The summed E-state index contributed by atoms with van der Waals surface area (Å²) in [5, 5.41) is 0. The molecular formula is C30H30NO. The molecule has 3 aromatic rings. The van der Waals surface area contributed by atoms with Crippen molar-refractivity contribution in [3.8, 4) is 11.1 Å². The Bertz CT molecular complexity index is 991. The first kappa shape index (κ1) is 22.0. The third kappa shape index (κ3) is 5.94. The van der Waals surface area contributed by atoms with Gasteiger partial charge < -0.3 is 9.64 Å². The van der Waals surface area contributed by atoms with Crippen LogP contribution in [0.2, 0.25) is 0 Å². The molecule has 0 aromatic heterocycles. The van der Waals surface area contributed by atoms with Crippen molar-refractivity contribution < 1.29 is 4.74 Å². The van der Waals surface area contributed by atoms with E-state index in [1.54, 1.807) is 0 Å². The minimum Gasteiger partial charge on any atom is -0.375 e. The van der Waals surface area contributed by atoms with Crippen LogP contribution in [-0.2, 0) is 11.3 Å². The molecule has 1 radical (unpaired) electrons. The highest BCUT2D eigenvalue weighted by Crippen LogP contribution is 2.36. The van der Waals surface area contributed by atoms with Crippen molar-refractivity contribution in [3.63, 3.8) is 0 Å². The fourth-order valence-electron chi connectivity index (χ4n) is 4.05. The molecule has 0 saturated heterocycles. The zero-order chi connectivity index (χ0) is 22.2. The first-order chi connectivity index (χ1) is 15.7. The molecule has 1 atom stereocenters. The molecule has 2 aliphatic rings. The van der Waals surface area contributed by atoms with E-state index >= 15 is 0 Å². The topological polar surface area (TPSA) is 12.5 Å². The molecule has 2 heteroatoms. The summed E-state index contributed by atoms with van der Waals surface area (Å²) in [6, 6.07) is 40.9. The number of nitrogens with zero attached hydrogens (tertiary/aromatic N) is 1. The number of hydrogen-bond acceptors (Lipinski definition) is 2. The van der Waals surface area contributed by atoms with Crippen LogP contribution in [-0.4, -0.2) is 31.6 Å². The predicted octanol–water partition coefficient (Wildman–Crippen LogP) is 6.43. The van der Waals surface area contributed by atoms with E-state index in [1.807, 2.05) is 30.3 Å². The van der Waals surface area contributed by atoms with Gasteiger partial charge in [-0.25, -0.2) is 0 Å². The van der Waals surface area contributed by atoms with Crippen molar-refractivity contribution in [1.29, 1.82) is 0 Å². The molecule has 0 aliphatic heterocycles. The molecule has 161 valence electrons. The Kier molecular flexibility index (Phi) is 7.50. The molecule has 0 heterocycles. The molecule has 0 unspecified atom stereocenters. The molecule has 0 fully saturated rings. The Morgan fingerprint density at radius 3 is 1.69 bits per heavy atom. The van der Waals surface area contributed by atoms with Crippen molar-refractivity contribution in [2.75, 3.05) is 20.7 Å². The molecule has 0 spiro atoms. The SMILES string of the molecule is CN(C)[C@H](COCc1cc2cc-2c1)C(c1ccccc1)c1ccccc1.[c]1ccccc1. The Labute approximate surface area is 192 Å². The van der Waals surface area contributed by atoms with Gasteiger partial charge in [-0.05, 0) is 66.2 Å². The smallest absolute Gasteiger partial charge is 0.0718 e. The summed E-state index contributed by atoms with van der Waals surface area (Å²) in [6.45, 7) is 1.38. The highest BCUT2D eigenvalue weighted by Gasteiger charge is 2.27. The molecule has 0 bridgehead atoms. The zero-order valence-electron chi connectivity index (χ0n) is 18.8. The van der Waals surface area contributed by atoms with Gasteiger partial charge in [0.25, 0.3) is 0 Å². The van der Waals surface area contributed by atoms with Gasteiger partial charge in [0.15, 0.2) is 0 Å². The average molecular weight is 421 g/mol. The minimum absolute atomic E-state index is 0.267. The van der Waals surface area contributed by atoms with Gasteiger partial charge in [-0.1, -0.05) is 91.0 Å². The maximum absolute atomic E-state index is 6.15. The maximum atomic E-state index is 6.15. The first-order valence-electron chi connectivity index (χ1n) is 11.1. The number of benzene rings is 4. The number of likely N-dealkylation sites (N-methyl/N-ethyl adjacent to an activating group) is 1. The van der Waals surface area contributed by atoms with Gasteiger partial charge in [0, 0.05) is 12.0 Å². The van der Waals surface area contributed by atoms with Gasteiger partial charge in [-0.15, -0.1) is 0 Å². The molecule has 0 amide bonds. The van der Waals surface area contributed by atoms with Crippen LogP contribution in [0.1, 0.15) is 22.6 Å². The van der Waals surface area contributed by atoms with Gasteiger partial charge in [0.05, 0.1) is 13.2 Å². The molecule has 2 nitrogen and oxygen atoms in total. The number of hydrogen-bond donors (Lipinski definition) is 0. The van der Waals surface area contributed by atoms with Crippen LogP contribution in [0.5, 0.6) is 0 Å². The highest BCUT2D eigenvalue weighted by molar-refractivity contribution is 5.82. The van der Waals surface area contributed by atoms with E-state index in [9.17, 15) is 0 Å². The van der Waals surface area contributed by atoms with Gasteiger partial charge >= 0.3 is 0 Å². The lowest BCUT2D eigenvalue weighted by atomic mass is 9.85. The third-order valence-corrected chi connectivity index (χ3v) is 5.77. The molecular weight excluding hydrogens is 390 g/mol. The van der Waals surface area contributed by atoms with Gasteiger partial charge in [0.1, 0.15) is 0 Å². The molecule has 3 aromatic carbocycles. The van der Waals surface area contributed by atoms with E-state index in [1.165, 1.54) is 27.8 Å². The lowest BCUT2D eigenvalue weighted by Crippen LogP contribution is -2.38. The summed E-state index contributed by atoms with van der Waals surface area (Å²) < 4.78 is 6.15. The van der Waals surface area contributed by atoms with Crippen molar-refractivity contribution in [3.05, 3.63) is 132 Å². The van der Waals surface area contributed by atoms with E-state index in [0.717, 1.165) is 0 Å².